The highest BCUT2D eigenvalue weighted by atomic mass is 16.2. The molecule has 2 aliphatic rings. The molecule has 3 amide bonds. The molecule has 0 aliphatic carbocycles. The van der Waals surface area contributed by atoms with E-state index in [4.69, 9.17) is 0 Å². The number of H-pyrrole nitrogens is 1. The third kappa shape index (κ3) is 4.38. The van der Waals surface area contributed by atoms with Crippen molar-refractivity contribution in [2.45, 2.75) is 44.8 Å². The van der Waals surface area contributed by atoms with Crippen molar-refractivity contribution in [3.05, 3.63) is 107 Å². The van der Waals surface area contributed by atoms with E-state index in [-0.39, 0.29) is 29.7 Å². The van der Waals surface area contributed by atoms with Crippen LogP contribution in [0.2, 0.25) is 0 Å². The van der Waals surface area contributed by atoms with E-state index in [9.17, 15) is 14.4 Å². The molecule has 2 aliphatic heterocycles. The Hall–Kier alpha value is -4.39. The van der Waals surface area contributed by atoms with Crippen LogP contribution in [0.5, 0.6) is 0 Å². The third-order valence-electron chi connectivity index (χ3n) is 7.96. The van der Waals surface area contributed by atoms with Gasteiger partial charge < -0.3 is 20.5 Å². The van der Waals surface area contributed by atoms with E-state index in [0.717, 1.165) is 33.3 Å². The van der Waals surface area contributed by atoms with Gasteiger partial charge in [0.25, 0.3) is 5.91 Å². The number of fused-ring (bicyclic) bond motifs is 7. The molecule has 198 valence electrons. The molecule has 3 N–H and O–H groups in total. The smallest absolute Gasteiger partial charge is 0.255 e. The molecule has 3 heterocycles. The second kappa shape index (κ2) is 10.1. The number of hydrogen-bond donors (Lipinski definition) is 3. The van der Waals surface area contributed by atoms with Crippen molar-refractivity contribution in [2.75, 3.05) is 6.54 Å². The highest BCUT2D eigenvalue weighted by Crippen LogP contribution is 2.46. The van der Waals surface area contributed by atoms with Crippen LogP contribution in [0.4, 0.5) is 0 Å². The zero-order valence-electron chi connectivity index (χ0n) is 22.1. The lowest BCUT2D eigenvalue weighted by atomic mass is 9.89. The Balaban J connectivity index is 1.27. The van der Waals surface area contributed by atoms with Crippen LogP contribution in [-0.2, 0) is 22.4 Å². The summed E-state index contributed by atoms with van der Waals surface area (Å²) >= 11 is 0. The van der Waals surface area contributed by atoms with Crippen molar-refractivity contribution in [1.82, 2.24) is 20.5 Å². The van der Waals surface area contributed by atoms with Crippen LogP contribution in [-0.4, -0.2) is 46.2 Å². The van der Waals surface area contributed by atoms with Crippen LogP contribution >= 0.6 is 0 Å². The van der Waals surface area contributed by atoms with E-state index in [1.165, 1.54) is 0 Å². The predicted molar refractivity (Wildman–Crippen MR) is 150 cm³/mol. The second-order valence-corrected chi connectivity index (χ2v) is 10.7. The monoisotopic (exact) mass is 520 g/mol. The summed E-state index contributed by atoms with van der Waals surface area (Å²) in [7, 11) is 0. The van der Waals surface area contributed by atoms with Crippen LogP contribution in [0.25, 0.3) is 10.9 Å². The lowest BCUT2D eigenvalue weighted by molar-refractivity contribution is -0.132. The maximum absolute atomic E-state index is 13.9. The first kappa shape index (κ1) is 24.9. The molecule has 4 aromatic rings. The number of amides is 3. The van der Waals surface area contributed by atoms with E-state index in [2.05, 4.69) is 21.7 Å². The number of rotatable bonds is 7. The van der Waals surface area contributed by atoms with Crippen molar-refractivity contribution >= 4 is 28.6 Å². The molecule has 0 saturated heterocycles. The van der Waals surface area contributed by atoms with Crippen molar-refractivity contribution < 1.29 is 14.4 Å². The number of nitrogens with zero attached hydrogens (tertiary/aromatic N) is 1. The number of aromatic nitrogens is 1. The molecule has 3 atom stereocenters. The fourth-order valence-electron chi connectivity index (χ4n) is 6.01. The van der Waals surface area contributed by atoms with E-state index in [1.807, 2.05) is 86.6 Å². The van der Waals surface area contributed by atoms with Gasteiger partial charge in [-0.2, -0.15) is 0 Å². The summed E-state index contributed by atoms with van der Waals surface area (Å²) in [6.45, 7) is 4.31. The maximum Gasteiger partial charge on any atom is 0.255 e. The highest BCUT2D eigenvalue weighted by molar-refractivity contribution is 6.04. The Kier molecular flexibility index (Phi) is 6.43. The third-order valence-corrected chi connectivity index (χ3v) is 7.96. The average molecular weight is 521 g/mol. The molecule has 0 radical (unpaired) electrons. The van der Waals surface area contributed by atoms with Gasteiger partial charge in [-0.15, -0.1) is 0 Å². The number of aromatic amines is 1. The van der Waals surface area contributed by atoms with Gasteiger partial charge in [0.05, 0.1) is 6.04 Å². The first-order valence-corrected chi connectivity index (χ1v) is 13.6. The summed E-state index contributed by atoms with van der Waals surface area (Å²) < 4.78 is 0. The topological polar surface area (TPSA) is 94.3 Å². The Labute approximate surface area is 227 Å². The summed E-state index contributed by atoms with van der Waals surface area (Å²) in [5.41, 5.74) is 5.64. The van der Waals surface area contributed by atoms with Gasteiger partial charge in [0.15, 0.2) is 0 Å². The van der Waals surface area contributed by atoms with Crippen molar-refractivity contribution in [3.8, 4) is 0 Å². The van der Waals surface area contributed by atoms with Gasteiger partial charge in [0, 0.05) is 35.1 Å². The van der Waals surface area contributed by atoms with Crippen LogP contribution in [0.3, 0.4) is 0 Å². The van der Waals surface area contributed by atoms with Crippen LogP contribution in [0.1, 0.15) is 52.6 Å². The first-order valence-electron chi connectivity index (χ1n) is 13.6. The molecule has 3 aromatic carbocycles. The minimum Gasteiger partial charge on any atom is -0.356 e. The van der Waals surface area contributed by atoms with E-state index in [0.29, 0.717) is 24.9 Å². The number of carbonyl (C=O) groups is 3. The first-order chi connectivity index (χ1) is 18.9. The quantitative estimate of drug-likeness (QED) is 0.342. The van der Waals surface area contributed by atoms with Gasteiger partial charge >= 0.3 is 0 Å². The number of hydrogen-bond acceptors (Lipinski definition) is 3. The number of benzene rings is 3. The summed E-state index contributed by atoms with van der Waals surface area (Å²) in [5.74, 6) is -0.812. The Morgan fingerprint density at radius 1 is 0.974 bits per heavy atom. The van der Waals surface area contributed by atoms with Gasteiger partial charge in [0.2, 0.25) is 11.8 Å². The van der Waals surface area contributed by atoms with Crippen molar-refractivity contribution in [1.29, 1.82) is 0 Å². The molecule has 1 aromatic heterocycles. The zero-order chi connectivity index (χ0) is 27.1. The summed E-state index contributed by atoms with van der Waals surface area (Å²) in [6, 6.07) is 23.7. The molecule has 0 spiro atoms. The van der Waals surface area contributed by atoms with Crippen LogP contribution in [0.15, 0.2) is 78.9 Å². The fraction of sp³-hybridized carbons (Fsp3) is 0.281. The van der Waals surface area contributed by atoms with Gasteiger partial charge in [-0.05, 0) is 41.2 Å². The zero-order valence-corrected chi connectivity index (χ0v) is 22.1. The molecule has 6 rings (SSSR count). The van der Waals surface area contributed by atoms with Crippen molar-refractivity contribution in [2.24, 2.45) is 5.92 Å². The molecular weight excluding hydrogens is 488 g/mol. The molecule has 0 bridgehead atoms. The Bertz CT molecular complexity index is 1560. The van der Waals surface area contributed by atoms with Crippen LogP contribution < -0.4 is 10.6 Å². The SMILES string of the molecule is CC(C)[C@H](NC(=O)[C@@H]1Cc2c([nH]c3ccccc23)C2c3ccccc3C(=O)N21)C(=O)NCCc1ccccc1. The number of para-hydroxylation sites is 1. The number of nitrogens with one attached hydrogen (secondary N) is 3. The fourth-order valence-corrected chi connectivity index (χ4v) is 6.01. The van der Waals surface area contributed by atoms with Gasteiger partial charge in [-0.1, -0.05) is 80.6 Å². The Morgan fingerprint density at radius 3 is 2.49 bits per heavy atom. The van der Waals surface area contributed by atoms with E-state index in [1.54, 1.807) is 4.90 Å². The molecule has 7 heteroatoms. The summed E-state index contributed by atoms with van der Waals surface area (Å²) in [5, 5.41) is 7.05. The van der Waals surface area contributed by atoms with E-state index >= 15 is 0 Å². The van der Waals surface area contributed by atoms with E-state index < -0.39 is 12.1 Å². The molecule has 39 heavy (non-hydrogen) atoms. The molecular formula is C32H32N4O3. The number of carbonyl (C=O) groups excluding carboxylic acids is 3. The second-order valence-electron chi connectivity index (χ2n) is 10.7. The van der Waals surface area contributed by atoms with Gasteiger partial charge in [0.1, 0.15) is 12.1 Å². The average Bonchev–Trinajstić information content (AvgIpc) is 3.47. The molecule has 0 fully saturated rings. The minimum absolute atomic E-state index is 0.125. The Morgan fingerprint density at radius 2 is 1.69 bits per heavy atom. The van der Waals surface area contributed by atoms with Crippen LogP contribution in [0, 0.1) is 5.92 Å². The maximum atomic E-state index is 13.9. The summed E-state index contributed by atoms with van der Waals surface area (Å²) in [4.78, 5) is 46.0. The van der Waals surface area contributed by atoms with Gasteiger partial charge in [-0.3, -0.25) is 14.4 Å². The largest absolute Gasteiger partial charge is 0.356 e. The lowest BCUT2D eigenvalue weighted by Gasteiger charge is -2.38. The molecule has 0 saturated carbocycles. The predicted octanol–water partition coefficient (Wildman–Crippen LogP) is 4.14. The lowest BCUT2D eigenvalue weighted by Crippen LogP contribution is -2.57. The molecule has 1 unspecified atom stereocenters. The normalized spacial score (nSPS) is 18.4. The van der Waals surface area contributed by atoms with Gasteiger partial charge in [-0.25, -0.2) is 0 Å². The standard InChI is InChI=1S/C32H32N4O3/c1-19(2)27(31(38)33-17-16-20-10-4-3-5-11-20)35-30(37)26-18-24-21-12-8-9-15-25(21)34-28(24)29-22-13-6-7-14-23(22)32(39)36(26)29/h3-15,19,26-27,29,34H,16-18H2,1-2H3,(H,33,38)(H,35,37)/t26-,27-,29?/m0/s1. The van der Waals surface area contributed by atoms with Crippen molar-refractivity contribution in [3.63, 3.8) is 0 Å². The highest BCUT2D eigenvalue weighted by Gasteiger charge is 2.49. The summed E-state index contributed by atoms with van der Waals surface area (Å²) in [6.07, 6.45) is 1.08. The molecule has 7 nitrogen and oxygen atoms in total. The minimum atomic E-state index is -0.736.